The summed E-state index contributed by atoms with van der Waals surface area (Å²) in [5, 5.41) is 0. The zero-order chi connectivity index (χ0) is 18.8. The first kappa shape index (κ1) is 21.8. The van der Waals surface area contributed by atoms with Crippen LogP contribution in [0.5, 0.6) is 0 Å². The van der Waals surface area contributed by atoms with Gasteiger partial charge in [0.05, 0.1) is 0 Å². The van der Waals surface area contributed by atoms with Gasteiger partial charge < -0.3 is 0 Å². The second-order valence-electron chi connectivity index (χ2n) is 11.3. The van der Waals surface area contributed by atoms with Crippen molar-refractivity contribution in [1.29, 1.82) is 0 Å². The molecule has 0 aliphatic heterocycles. The normalized spacial score (nSPS) is 13.9. The summed E-state index contributed by atoms with van der Waals surface area (Å²) in [4.78, 5) is 0. The Morgan fingerprint density at radius 1 is 0.792 bits per heavy atom. The van der Waals surface area contributed by atoms with Crippen molar-refractivity contribution in [2.75, 3.05) is 0 Å². The van der Waals surface area contributed by atoms with E-state index in [9.17, 15) is 0 Å². The summed E-state index contributed by atoms with van der Waals surface area (Å²) in [7, 11) is 0. The fraction of sp³-hybridized carbons (Fsp3) is 0.652. The van der Waals surface area contributed by atoms with E-state index in [1.165, 1.54) is 18.9 Å². The maximum absolute atomic E-state index is 4.00. The van der Waals surface area contributed by atoms with Gasteiger partial charge in [-0.25, -0.2) is 0 Å². The standard InChI is InChI=1S/C8H7.3C5H11.Sn/c1-2-8-6-4-3-5-7-8;3*1-5(2,3)4;/h2-4,6-7H,1H2;3*1H2,2-4H3;. The molecule has 24 heavy (non-hydrogen) atoms. The molecule has 0 aliphatic carbocycles. The SMILES string of the molecule is C=Cc1ccc[c]([Sn]([CH2]C(C)(C)C)([CH2]C(C)(C)C)[CH2]C(C)(C)C)c1. The van der Waals surface area contributed by atoms with Gasteiger partial charge in [-0.15, -0.1) is 0 Å². The molecule has 0 fully saturated rings. The summed E-state index contributed by atoms with van der Waals surface area (Å²) >= 11 is -2.63. The Kier molecular flexibility index (Phi) is 6.86. The first-order valence-corrected chi connectivity index (χ1v) is 16.9. The van der Waals surface area contributed by atoms with Gasteiger partial charge in [0, 0.05) is 0 Å². The molecule has 136 valence electrons. The Bertz CT molecular complexity index is 506. The molecule has 1 aromatic rings. The van der Waals surface area contributed by atoms with Crippen LogP contribution in [0.25, 0.3) is 6.08 Å². The molecule has 0 spiro atoms. The summed E-state index contributed by atoms with van der Waals surface area (Å²) < 4.78 is 5.94. The minimum atomic E-state index is -2.63. The predicted octanol–water partition coefficient (Wildman–Crippen LogP) is 7.12. The van der Waals surface area contributed by atoms with Crippen LogP contribution in [0.2, 0.25) is 13.3 Å². The molecule has 0 radical (unpaired) electrons. The van der Waals surface area contributed by atoms with Crippen LogP contribution < -0.4 is 3.58 Å². The molecule has 0 atom stereocenters. The molecule has 0 nitrogen and oxygen atoms in total. The van der Waals surface area contributed by atoms with Gasteiger partial charge in [-0.1, -0.05) is 0 Å². The van der Waals surface area contributed by atoms with Crippen LogP contribution in [0.1, 0.15) is 67.9 Å². The van der Waals surface area contributed by atoms with Crippen LogP contribution in [0.15, 0.2) is 30.8 Å². The fourth-order valence-corrected chi connectivity index (χ4v) is 27.4. The molecule has 1 aromatic carbocycles. The van der Waals surface area contributed by atoms with E-state index in [0.717, 1.165) is 0 Å². The van der Waals surface area contributed by atoms with Gasteiger partial charge in [-0.05, 0) is 0 Å². The molecule has 0 N–H and O–H groups in total. The molecular weight excluding hydrogens is 395 g/mol. The number of hydrogen-bond donors (Lipinski definition) is 0. The first-order valence-electron chi connectivity index (χ1n) is 9.39. The van der Waals surface area contributed by atoms with Gasteiger partial charge in [0.25, 0.3) is 0 Å². The van der Waals surface area contributed by atoms with Crippen LogP contribution in [-0.4, -0.2) is 18.4 Å². The Morgan fingerprint density at radius 2 is 1.21 bits per heavy atom. The number of benzene rings is 1. The van der Waals surface area contributed by atoms with E-state index >= 15 is 0 Å². The monoisotopic (exact) mass is 436 g/mol. The molecule has 0 aliphatic rings. The van der Waals surface area contributed by atoms with Gasteiger partial charge in [-0.3, -0.25) is 0 Å². The van der Waals surface area contributed by atoms with Crippen molar-refractivity contribution in [2.45, 2.75) is 75.6 Å². The summed E-state index contributed by atoms with van der Waals surface area (Å²) in [6.07, 6.45) is 2.01. The molecule has 0 saturated heterocycles. The van der Waals surface area contributed by atoms with E-state index in [2.05, 4.69) is 93.2 Å². The van der Waals surface area contributed by atoms with Crippen molar-refractivity contribution in [3.8, 4) is 0 Å². The molecule has 0 bridgehead atoms. The number of hydrogen-bond acceptors (Lipinski definition) is 0. The first-order chi connectivity index (χ1) is 10.7. The number of rotatable bonds is 5. The average molecular weight is 435 g/mol. The zero-order valence-electron chi connectivity index (χ0n) is 17.7. The third kappa shape index (κ3) is 7.33. The van der Waals surface area contributed by atoms with Crippen LogP contribution >= 0.6 is 0 Å². The van der Waals surface area contributed by atoms with Gasteiger partial charge in [-0.2, -0.15) is 0 Å². The Hall–Kier alpha value is -0.241. The molecule has 1 heteroatoms. The molecule has 0 aromatic heterocycles. The summed E-state index contributed by atoms with van der Waals surface area (Å²) in [6.45, 7) is 25.9. The van der Waals surface area contributed by atoms with E-state index in [1.54, 1.807) is 3.58 Å². The van der Waals surface area contributed by atoms with Crippen molar-refractivity contribution in [1.82, 2.24) is 0 Å². The molecule has 1 rings (SSSR count). The van der Waals surface area contributed by atoms with Crippen LogP contribution in [0.4, 0.5) is 0 Å². The second kappa shape index (κ2) is 7.56. The quantitative estimate of drug-likeness (QED) is 0.432. The second-order valence-corrected chi connectivity index (χ2v) is 23.3. The van der Waals surface area contributed by atoms with E-state index in [-0.39, 0.29) is 0 Å². The van der Waals surface area contributed by atoms with E-state index < -0.39 is 18.4 Å². The fourth-order valence-electron chi connectivity index (χ4n) is 4.53. The molecular formula is C23H40Sn. The minimum absolute atomic E-state index is 0.386. The van der Waals surface area contributed by atoms with Crippen LogP contribution in [0.3, 0.4) is 0 Å². The van der Waals surface area contributed by atoms with Crippen molar-refractivity contribution >= 4 is 28.0 Å². The Morgan fingerprint density at radius 3 is 1.54 bits per heavy atom. The summed E-state index contributed by atoms with van der Waals surface area (Å²) in [5.74, 6) is 0. The van der Waals surface area contributed by atoms with E-state index in [0.29, 0.717) is 16.2 Å². The summed E-state index contributed by atoms with van der Waals surface area (Å²) in [5.41, 5.74) is 2.44. The van der Waals surface area contributed by atoms with Gasteiger partial charge in [0.15, 0.2) is 0 Å². The maximum atomic E-state index is 4.00. The molecule has 0 heterocycles. The van der Waals surface area contributed by atoms with Crippen molar-refractivity contribution in [2.24, 2.45) is 16.2 Å². The van der Waals surface area contributed by atoms with Crippen LogP contribution in [0, 0.1) is 16.2 Å². The van der Waals surface area contributed by atoms with Gasteiger partial charge in [0.1, 0.15) is 0 Å². The van der Waals surface area contributed by atoms with Crippen molar-refractivity contribution in [3.63, 3.8) is 0 Å². The van der Waals surface area contributed by atoms with Crippen molar-refractivity contribution < 1.29 is 0 Å². The average Bonchev–Trinajstić information content (AvgIpc) is 2.32. The molecule has 0 unspecified atom stereocenters. The van der Waals surface area contributed by atoms with E-state index in [1.807, 2.05) is 6.08 Å². The van der Waals surface area contributed by atoms with Gasteiger partial charge >= 0.3 is 156 Å². The Labute approximate surface area is 156 Å². The summed E-state index contributed by atoms with van der Waals surface area (Å²) in [6, 6.07) is 9.35. The zero-order valence-corrected chi connectivity index (χ0v) is 20.6. The van der Waals surface area contributed by atoms with Crippen LogP contribution in [-0.2, 0) is 0 Å². The molecule has 0 saturated carbocycles. The Balaban J connectivity index is 3.56. The van der Waals surface area contributed by atoms with E-state index in [4.69, 9.17) is 0 Å². The third-order valence-corrected chi connectivity index (χ3v) is 23.6. The molecule has 0 amide bonds. The van der Waals surface area contributed by atoms with Gasteiger partial charge in [0.2, 0.25) is 0 Å². The topological polar surface area (TPSA) is 0 Å². The predicted molar refractivity (Wildman–Crippen MR) is 115 cm³/mol. The third-order valence-electron chi connectivity index (χ3n) is 4.34. The van der Waals surface area contributed by atoms with Crippen molar-refractivity contribution in [3.05, 3.63) is 36.4 Å².